The Hall–Kier alpha value is -4.81. The third kappa shape index (κ3) is 7.04. The molecule has 1 aromatic heterocycles. The van der Waals surface area contributed by atoms with Crippen molar-refractivity contribution in [3.8, 4) is 17.0 Å². The largest absolute Gasteiger partial charge is 0.573 e. The Morgan fingerprint density at radius 2 is 1.68 bits per heavy atom. The first kappa shape index (κ1) is 29.2. The Bertz CT molecular complexity index is 1440. The summed E-state index contributed by atoms with van der Waals surface area (Å²) in [6.07, 6.45) is -4.78. The number of amides is 3. The number of rotatable bonds is 6. The minimum atomic E-state index is -4.78. The van der Waals surface area contributed by atoms with Crippen molar-refractivity contribution in [3.05, 3.63) is 65.7 Å². The number of urea groups is 1. The van der Waals surface area contributed by atoms with Gasteiger partial charge in [-0.1, -0.05) is 12.1 Å². The number of halogens is 3. The third-order valence-electron chi connectivity index (χ3n) is 6.44. The van der Waals surface area contributed by atoms with Crippen molar-refractivity contribution in [1.29, 1.82) is 0 Å². The second kappa shape index (κ2) is 12.1. The highest BCUT2D eigenvalue weighted by molar-refractivity contribution is 6.04. The van der Waals surface area contributed by atoms with E-state index in [1.807, 2.05) is 29.2 Å². The molecule has 2 aromatic carbocycles. The molecule has 0 spiro atoms. The van der Waals surface area contributed by atoms with Gasteiger partial charge in [0.25, 0.3) is 5.91 Å². The van der Waals surface area contributed by atoms with E-state index in [0.29, 0.717) is 49.1 Å². The number of amidine groups is 1. The highest BCUT2D eigenvalue weighted by Crippen LogP contribution is 2.29. The molecule has 0 bridgehead atoms. The normalized spacial score (nSPS) is 14.0. The van der Waals surface area contributed by atoms with E-state index in [4.69, 9.17) is 0 Å². The zero-order valence-electron chi connectivity index (χ0n) is 22.8. The molecule has 3 aromatic rings. The molecule has 0 aliphatic carbocycles. The molecule has 2 heterocycles. The number of aromatic nitrogens is 1. The standard InChI is InChI=1S/C28H30F3N7O3/c1-32-24-22(17-23(35-24)18-6-5-7-19(16-18)26(39)36(3)4)25(33-2)37-12-14-38(15-13-37)27(40)34-20-8-10-21(11-9-20)41-28(29,30)31/h5-11,16-17,35H,1,12-15H2,2-4H3,(H,34,40)/b33-25+. The minimum Gasteiger partial charge on any atom is -0.406 e. The van der Waals surface area contributed by atoms with Crippen molar-refractivity contribution in [2.24, 2.45) is 9.98 Å². The van der Waals surface area contributed by atoms with Gasteiger partial charge in [-0.25, -0.2) is 9.79 Å². The Morgan fingerprint density at radius 3 is 2.27 bits per heavy atom. The number of hydrogen-bond donors (Lipinski definition) is 2. The van der Waals surface area contributed by atoms with Gasteiger partial charge in [-0.05, 0) is 54.7 Å². The molecule has 10 nitrogen and oxygen atoms in total. The molecular formula is C28H30F3N7O3. The monoisotopic (exact) mass is 569 g/mol. The predicted molar refractivity (Wildman–Crippen MR) is 151 cm³/mol. The van der Waals surface area contributed by atoms with Crippen LogP contribution in [0.4, 0.5) is 29.5 Å². The Balaban J connectivity index is 1.42. The van der Waals surface area contributed by atoms with E-state index in [1.54, 1.807) is 32.1 Å². The van der Waals surface area contributed by atoms with Gasteiger partial charge >= 0.3 is 12.4 Å². The summed E-state index contributed by atoms with van der Waals surface area (Å²) in [5.41, 5.74) is 3.20. The minimum absolute atomic E-state index is 0.106. The maximum atomic E-state index is 12.8. The van der Waals surface area contributed by atoms with Crippen LogP contribution in [0.2, 0.25) is 0 Å². The van der Waals surface area contributed by atoms with E-state index in [1.165, 1.54) is 17.0 Å². The molecule has 4 rings (SSSR count). The molecule has 0 unspecified atom stereocenters. The highest BCUT2D eigenvalue weighted by atomic mass is 19.4. The number of hydrogen-bond acceptors (Lipinski definition) is 5. The summed E-state index contributed by atoms with van der Waals surface area (Å²) in [5.74, 6) is 0.733. The van der Waals surface area contributed by atoms with Gasteiger partial charge < -0.3 is 29.7 Å². The summed E-state index contributed by atoms with van der Waals surface area (Å²) in [5, 5.41) is 2.70. The van der Waals surface area contributed by atoms with Gasteiger partial charge in [0.05, 0.1) is 5.56 Å². The van der Waals surface area contributed by atoms with Crippen molar-refractivity contribution in [1.82, 2.24) is 19.7 Å². The lowest BCUT2D eigenvalue weighted by molar-refractivity contribution is -0.274. The zero-order valence-corrected chi connectivity index (χ0v) is 22.8. The smallest absolute Gasteiger partial charge is 0.406 e. The number of aliphatic imine (C=N–C) groups is 2. The average Bonchev–Trinajstić information content (AvgIpc) is 3.38. The van der Waals surface area contributed by atoms with Crippen LogP contribution in [0, 0.1) is 0 Å². The molecule has 41 heavy (non-hydrogen) atoms. The SMILES string of the molecule is C=Nc1[nH]c(-c2cccc(C(=O)N(C)C)c2)cc1/C(=N\C)N1CCN(C(=O)Nc2ccc(OC(F)(F)F)cc2)CC1. The number of carbonyl (C=O) groups is 2. The molecule has 0 atom stereocenters. The summed E-state index contributed by atoms with van der Waals surface area (Å²) in [4.78, 5) is 42.3. The average molecular weight is 570 g/mol. The molecular weight excluding hydrogens is 539 g/mol. The Labute approximate surface area is 235 Å². The van der Waals surface area contributed by atoms with Gasteiger partial charge in [0.1, 0.15) is 17.4 Å². The molecule has 1 aliphatic heterocycles. The topological polar surface area (TPSA) is 106 Å². The second-order valence-electron chi connectivity index (χ2n) is 9.41. The van der Waals surface area contributed by atoms with Crippen LogP contribution in [0.3, 0.4) is 0 Å². The van der Waals surface area contributed by atoms with E-state index >= 15 is 0 Å². The van der Waals surface area contributed by atoms with E-state index < -0.39 is 6.36 Å². The number of anilines is 1. The number of alkyl halides is 3. The number of nitrogens with zero attached hydrogens (tertiary/aromatic N) is 5. The first-order valence-corrected chi connectivity index (χ1v) is 12.6. The zero-order chi connectivity index (χ0) is 29.7. The molecule has 1 aliphatic rings. The van der Waals surface area contributed by atoms with Crippen LogP contribution in [0.25, 0.3) is 11.3 Å². The lowest BCUT2D eigenvalue weighted by Crippen LogP contribution is -2.51. The lowest BCUT2D eigenvalue weighted by atomic mass is 10.1. The van der Waals surface area contributed by atoms with Crippen molar-refractivity contribution in [2.75, 3.05) is 52.6 Å². The second-order valence-corrected chi connectivity index (χ2v) is 9.41. The summed E-state index contributed by atoms with van der Waals surface area (Å²) >= 11 is 0. The highest BCUT2D eigenvalue weighted by Gasteiger charge is 2.31. The van der Waals surface area contributed by atoms with E-state index in [9.17, 15) is 22.8 Å². The summed E-state index contributed by atoms with van der Waals surface area (Å²) in [6, 6.07) is 13.8. The first-order chi connectivity index (χ1) is 19.5. The van der Waals surface area contributed by atoms with E-state index in [0.717, 1.165) is 29.0 Å². The van der Waals surface area contributed by atoms with Gasteiger partial charge in [-0.2, -0.15) is 0 Å². The summed E-state index contributed by atoms with van der Waals surface area (Å²) in [6.45, 7) is 5.45. The molecule has 1 fully saturated rings. The quantitative estimate of drug-likeness (QED) is 0.327. The first-order valence-electron chi connectivity index (χ1n) is 12.6. The maximum Gasteiger partial charge on any atom is 0.573 e. The van der Waals surface area contributed by atoms with Gasteiger partial charge in [0.2, 0.25) is 0 Å². The van der Waals surface area contributed by atoms with Crippen molar-refractivity contribution in [2.45, 2.75) is 6.36 Å². The van der Waals surface area contributed by atoms with Crippen LogP contribution < -0.4 is 10.1 Å². The van der Waals surface area contributed by atoms with E-state index in [-0.39, 0.29) is 17.7 Å². The molecule has 3 amide bonds. The van der Waals surface area contributed by atoms with Crippen molar-refractivity contribution >= 4 is 36.0 Å². The number of piperazine rings is 1. The fraction of sp³-hybridized carbons (Fsp3) is 0.286. The molecule has 13 heteroatoms. The van der Waals surface area contributed by atoms with Crippen LogP contribution >= 0.6 is 0 Å². The van der Waals surface area contributed by atoms with Crippen LogP contribution in [-0.2, 0) is 0 Å². The fourth-order valence-corrected chi connectivity index (χ4v) is 4.47. The number of benzene rings is 2. The lowest BCUT2D eigenvalue weighted by Gasteiger charge is -2.36. The Kier molecular flexibility index (Phi) is 8.65. The Morgan fingerprint density at radius 1 is 1.02 bits per heavy atom. The number of ether oxygens (including phenoxy) is 1. The van der Waals surface area contributed by atoms with Crippen LogP contribution in [0.5, 0.6) is 5.75 Å². The number of aromatic amines is 1. The van der Waals surface area contributed by atoms with Crippen molar-refractivity contribution < 1.29 is 27.5 Å². The maximum absolute atomic E-state index is 12.8. The summed E-state index contributed by atoms with van der Waals surface area (Å²) in [7, 11) is 5.07. The van der Waals surface area contributed by atoms with Crippen LogP contribution in [-0.4, -0.2) is 97.9 Å². The van der Waals surface area contributed by atoms with Gasteiger partial charge in [0, 0.05) is 64.3 Å². The number of nitrogens with one attached hydrogen (secondary N) is 2. The fourth-order valence-electron chi connectivity index (χ4n) is 4.47. The van der Waals surface area contributed by atoms with Crippen LogP contribution in [0.15, 0.2) is 64.6 Å². The molecule has 216 valence electrons. The number of H-pyrrole nitrogens is 1. The third-order valence-corrected chi connectivity index (χ3v) is 6.44. The van der Waals surface area contributed by atoms with Gasteiger partial charge in [0.15, 0.2) is 0 Å². The number of carbonyl (C=O) groups excluding carboxylic acids is 2. The van der Waals surface area contributed by atoms with Gasteiger partial charge in [-0.15, -0.1) is 13.2 Å². The predicted octanol–water partition coefficient (Wildman–Crippen LogP) is 4.84. The van der Waals surface area contributed by atoms with Crippen LogP contribution in [0.1, 0.15) is 15.9 Å². The van der Waals surface area contributed by atoms with E-state index in [2.05, 4.69) is 31.7 Å². The molecule has 0 saturated carbocycles. The molecule has 0 radical (unpaired) electrons. The summed E-state index contributed by atoms with van der Waals surface area (Å²) < 4.78 is 41.0. The van der Waals surface area contributed by atoms with Crippen molar-refractivity contribution in [3.63, 3.8) is 0 Å². The molecule has 2 N–H and O–H groups in total. The molecule has 1 saturated heterocycles. The van der Waals surface area contributed by atoms with Gasteiger partial charge in [-0.3, -0.25) is 9.79 Å².